The fraction of sp³-hybridized carbons (Fsp3) is 0.500. The predicted octanol–water partition coefficient (Wildman–Crippen LogP) is 2.57. The first-order valence-electron chi connectivity index (χ1n) is 5.93. The van der Waals surface area contributed by atoms with Crippen LogP contribution in [-0.4, -0.2) is 34.7 Å². The fourth-order valence-corrected chi connectivity index (χ4v) is 2.27. The molecule has 0 aliphatic rings. The summed E-state index contributed by atoms with van der Waals surface area (Å²) in [7, 11) is 0. The second-order valence-electron chi connectivity index (χ2n) is 3.99. The summed E-state index contributed by atoms with van der Waals surface area (Å²) in [5.74, 6) is 1.05. The van der Waals surface area contributed by atoms with Crippen molar-refractivity contribution in [2.75, 3.05) is 30.0 Å². The van der Waals surface area contributed by atoms with Gasteiger partial charge in [-0.1, -0.05) is 0 Å². The lowest BCUT2D eigenvalue weighted by atomic mass is 10.2. The Morgan fingerprint density at radius 3 is 2.84 bits per heavy atom. The monoisotopic (exact) mass is 288 g/mol. The number of aliphatic hydroxyl groups excluding tert-OH is 1. The molecule has 5 nitrogen and oxygen atoms in total. The number of rotatable bonds is 8. The maximum absolute atomic E-state index is 13.3. The van der Waals surface area contributed by atoms with Crippen molar-refractivity contribution in [1.29, 1.82) is 0 Å². The normalized spacial score (nSPS) is 10.5. The van der Waals surface area contributed by atoms with E-state index in [-0.39, 0.29) is 12.3 Å². The average Bonchev–Trinajstić information content (AvgIpc) is 2.37. The topological polar surface area (TPSA) is 75.4 Å². The highest BCUT2D eigenvalue weighted by atomic mass is 32.2. The fourth-order valence-electron chi connectivity index (χ4n) is 1.49. The van der Waals surface area contributed by atoms with Crippen molar-refractivity contribution in [1.82, 2.24) is 0 Å². The van der Waals surface area contributed by atoms with Gasteiger partial charge in [0.1, 0.15) is 11.5 Å². The summed E-state index contributed by atoms with van der Waals surface area (Å²) >= 11 is 1.65. The van der Waals surface area contributed by atoms with Gasteiger partial charge in [-0.3, -0.25) is 10.1 Å². The maximum atomic E-state index is 13.3. The molecular weight excluding hydrogens is 271 g/mol. The van der Waals surface area contributed by atoms with Gasteiger partial charge in [-0.05, 0) is 30.7 Å². The summed E-state index contributed by atoms with van der Waals surface area (Å²) in [5, 5.41) is 22.4. The van der Waals surface area contributed by atoms with Gasteiger partial charge in [0.05, 0.1) is 11.0 Å². The van der Waals surface area contributed by atoms with Gasteiger partial charge in [-0.15, -0.1) is 0 Å². The number of halogens is 1. The summed E-state index contributed by atoms with van der Waals surface area (Å²) in [5.41, 5.74) is 0.469. The molecular formula is C12H17FN2O3S. The Morgan fingerprint density at radius 2 is 2.21 bits per heavy atom. The molecule has 0 radical (unpaired) electrons. The Bertz CT molecular complexity index is 443. The van der Waals surface area contributed by atoms with Gasteiger partial charge in [-0.25, -0.2) is 4.39 Å². The molecule has 0 aromatic heterocycles. The van der Waals surface area contributed by atoms with Crippen molar-refractivity contribution >= 4 is 23.1 Å². The number of anilines is 1. The van der Waals surface area contributed by atoms with Gasteiger partial charge >= 0.3 is 0 Å². The summed E-state index contributed by atoms with van der Waals surface area (Å²) in [4.78, 5) is 10.2. The molecule has 0 amide bonds. The highest BCUT2D eigenvalue weighted by Gasteiger charge is 2.16. The average molecular weight is 288 g/mol. The Balaban J connectivity index is 2.57. The van der Waals surface area contributed by atoms with Gasteiger partial charge < -0.3 is 10.4 Å². The number of benzene rings is 1. The van der Waals surface area contributed by atoms with Gasteiger partial charge in [0, 0.05) is 18.9 Å². The number of hydrogen-bond acceptors (Lipinski definition) is 5. The third-order valence-corrected chi connectivity index (χ3v) is 3.55. The molecule has 0 saturated heterocycles. The zero-order chi connectivity index (χ0) is 14.3. The first kappa shape index (κ1) is 15.7. The molecule has 7 heteroatoms. The number of nitrogens with zero attached hydrogens (tertiary/aromatic N) is 1. The van der Waals surface area contributed by atoms with E-state index in [1.165, 1.54) is 6.07 Å². The molecule has 19 heavy (non-hydrogen) atoms. The molecule has 0 fully saturated rings. The van der Waals surface area contributed by atoms with Gasteiger partial charge in [-0.2, -0.15) is 11.8 Å². The summed E-state index contributed by atoms with van der Waals surface area (Å²) < 4.78 is 13.3. The van der Waals surface area contributed by atoms with Crippen LogP contribution in [-0.2, 0) is 0 Å². The molecule has 0 aliphatic carbocycles. The van der Waals surface area contributed by atoms with E-state index >= 15 is 0 Å². The largest absolute Gasteiger partial charge is 0.396 e. The molecule has 1 aromatic carbocycles. The molecule has 0 saturated carbocycles. The molecule has 1 rings (SSSR count). The second-order valence-corrected chi connectivity index (χ2v) is 5.22. The summed E-state index contributed by atoms with van der Waals surface area (Å²) in [6.07, 6.45) is 0.737. The number of nitro groups is 1. The number of aliphatic hydroxyl groups is 1. The van der Waals surface area contributed by atoms with Crippen LogP contribution in [0.1, 0.15) is 12.0 Å². The summed E-state index contributed by atoms with van der Waals surface area (Å²) in [6, 6.07) is 2.39. The van der Waals surface area contributed by atoms with E-state index in [0.29, 0.717) is 17.8 Å². The molecule has 0 atom stereocenters. The number of nitrogens with one attached hydrogen (secondary N) is 1. The van der Waals surface area contributed by atoms with E-state index in [4.69, 9.17) is 5.11 Å². The first-order valence-corrected chi connectivity index (χ1v) is 7.08. The lowest BCUT2D eigenvalue weighted by Gasteiger charge is -2.08. The number of thioether (sulfide) groups is 1. The molecule has 0 aliphatic heterocycles. The van der Waals surface area contributed by atoms with Crippen LogP contribution in [0.4, 0.5) is 15.8 Å². The van der Waals surface area contributed by atoms with Crippen molar-refractivity contribution in [3.8, 4) is 0 Å². The van der Waals surface area contributed by atoms with E-state index in [9.17, 15) is 14.5 Å². The minimum atomic E-state index is -0.593. The molecule has 1 aromatic rings. The van der Waals surface area contributed by atoms with Crippen molar-refractivity contribution in [2.24, 2.45) is 0 Å². The smallest absolute Gasteiger partial charge is 0.295 e. The first-order chi connectivity index (χ1) is 9.06. The Labute approximate surface area is 115 Å². The number of aryl methyl sites for hydroxylation is 1. The molecule has 0 spiro atoms. The third kappa shape index (κ3) is 5.04. The van der Waals surface area contributed by atoms with E-state index < -0.39 is 10.7 Å². The minimum Gasteiger partial charge on any atom is -0.396 e. The van der Waals surface area contributed by atoms with E-state index in [2.05, 4.69) is 5.32 Å². The Kier molecular flexibility index (Phi) is 6.58. The lowest BCUT2D eigenvalue weighted by Crippen LogP contribution is -2.07. The van der Waals surface area contributed by atoms with E-state index in [1.54, 1.807) is 18.7 Å². The Morgan fingerprint density at radius 1 is 1.47 bits per heavy atom. The standard InChI is InChI=1S/C12H17FN2O3S/c1-9-7-11(12(15(17)18)8-10(9)13)14-3-6-19-5-2-4-16/h7-8,14,16H,2-6H2,1H3. The van der Waals surface area contributed by atoms with Crippen LogP contribution in [0, 0.1) is 22.9 Å². The molecule has 106 valence electrons. The van der Waals surface area contributed by atoms with Crippen LogP contribution < -0.4 is 5.32 Å². The quantitative estimate of drug-likeness (QED) is 0.437. The van der Waals surface area contributed by atoms with E-state index in [0.717, 1.165) is 24.0 Å². The summed E-state index contributed by atoms with van der Waals surface area (Å²) in [6.45, 7) is 2.30. The minimum absolute atomic E-state index is 0.170. The van der Waals surface area contributed by atoms with Crippen LogP contribution in [0.25, 0.3) is 0 Å². The van der Waals surface area contributed by atoms with Crippen molar-refractivity contribution in [2.45, 2.75) is 13.3 Å². The highest BCUT2D eigenvalue weighted by molar-refractivity contribution is 7.99. The van der Waals surface area contributed by atoms with Crippen molar-refractivity contribution < 1.29 is 14.4 Å². The van der Waals surface area contributed by atoms with Gasteiger partial charge in [0.15, 0.2) is 0 Å². The second kappa shape index (κ2) is 7.96. The number of hydrogen-bond donors (Lipinski definition) is 2. The van der Waals surface area contributed by atoms with Crippen LogP contribution in [0.2, 0.25) is 0 Å². The molecule has 0 heterocycles. The van der Waals surface area contributed by atoms with Gasteiger partial charge in [0.25, 0.3) is 5.69 Å². The Hall–Kier alpha value is -1.34. The van der Waals surface area contributed by atoms with E-state index in [1.807, 2.05) is 0 Å². The number of nitro benzene ring substituents is 1. The zero-order valence-electron chi connectivity index (χ0n) is 10.7. The molecule has 0 unspecified atom stereocenters. The molecule has 0 bridgehead atoms. The van der Waals surface area contributed by atoms with Crippen LogP contribution in [0.5, 0.6) is 0 Å². The van der Waals surface area contributed by atoms with Crippen LogP contribution in [0.15, 0.2) is 12.1 Å². The van der Waals surface area contributed by atoms with Crippen molar-refractivity contribution in [3.05, 3.63) is 33.6 Å². The lowest BCUT2D eigenvalue weighted by molar-refractivity contribution is -0.384. The maximum Gasteiger partial charge on any atom is 0.295 e. The van der Waals surface area contributed by atoms with Crippen LogP contribution >= 0.6 is 11.8 Å². The predicted molar refractivity (Wildman–Crippen MR) is 75.3 cm³/mol. The van der Waals surface area contributed by atoms with Crippen LogP contribution in [0.3, 0.4) is 0 Å². The third-order valence-electron chi connectivity index (χ3n) is 2.48. The highest BCUT2D eigenvalue weighted by Crippen LogP contribution is 2.27. The van der Waals surface area contributed by atoms with Gasteiger partial charge in [0.2, 0.25) is 0 Å². The SMILES string of the molecule is Cc1cc(NCCSCCCO)c([N+](=O)[O-])cc1F. The zero-order valence-corrected chi connectivity index (χ0v) is 11.5. The molecule has 2 N–H and O–H groups in total. The van der Waals surface area contributed by atoms with Crippen molar-refractivity contribution in [3.63, 3.8) is 0 Å².